The van der Waals surface area contributed by atoms with E-state index in [9.17, 15) is 9.90 Å². The van der Waals surface area contributed by atoms with Crippen molar-refractivity contribution in [2.24, 2.45) is 0 Å². The van der Waals surface area contributed by atoms with Crippen LogP contribution in [0.4, 0.5) is 0 Å². The predicted molar refractivity (Wildman–Crippen MR) is 76.7 cm³/mol. The maximum absolute atomic E-state index is 12.2. The van der Waals surface area contributed by atoms with Gasteiger partial charge in [-0.25, -0.2) is 0 Å². The van der Waals surface area contributed by atoms with Crippen LogP contribution in [0.3, 0.4) is 0 Å². The van der Waals surface area contributed by atoms with Crippen molar-refractivity contribution in [3.63, 3.8) is 0 Å². The Kier molecular flexibility index (Phi) is 4.22. The number of carbonyl (C=O) groups excluding carboxylic acids is 1. The maximum atomic E-state index is 12.2. The van der Waals surface area contributed by atoms with Crippen molar-refractivity contribution in [3.05, 3.63) is 52.4 Å². The van der Waals surface area contributed by atoms with E-state index in [1.54, 1.807) is 19.1 Å². The Balaban J connectivity index is 2.27. The summed E-state index contributed by atoms with van der Waals surface area (Å²) < 4.78 is 0.873. The molecule has 0 radical (unpaired) electrons. The molecular weight excluding hydrogens is 264 g/mol. The average Bonchev–Trinajstić information content (AvgIpc) is 2.75. The van der Waals surface area contributed by atoms with E-state index in [1.165, 1.54) is 11.3 Å². The minimum Gasteiger partial charge on any atom is -0.389 e. The van der Waals surface area contributed by atoms with E-state index in [2.05, 4.69) is 12.6 Å². The predicted octanol–water partition coefficient (Wildman–Crippen LogP) is 3.52. The molecule has 1 aromatic heterocycles. The number of ketones is 1. The standard InChI is InChI=1S/C14H14O2S2/c1-9(15)11-4-2-3-5-12(11)13(16)8-10-6-7-18-14(10)17/h2-7,9,15,17H,8H2,1H3. The summed E-state index contributed by atoms with van der Waals surface area (Å²) in [5.41, 5.74) is 2.21. The molecule has 2 rings (SSSR count). The fourth-order valence-corrected chi connectivity index (χ4v) is 2.83. The van der Waals surface area contributed by atoms with Crippen molar-refractivity contribution in [2.45, 2.75) is 23.7 Å². The van der Waals surface area contributed by atoms with Crippen LogP contribution >= 0.6 is 24.0 Å². The first-order chi connectivity index (χ1) is 8.59. The average molecular weight is 278 g/mol. The molecule has 0 bridgehead atoms. The van der Waals surface area contributed by atoms with Gasteiger partial charge in [0.2, 0.25) is 0 Å². The Hall–Kier alpha value is -1.10. The van der Waals surface area contributed by atoms with E-state index in [1.807, 2.05) is 23.6 Å². The lowest BCUT2D eigenvalue weighted by Crippen LogP contribution is -2.08. The molecule has 0 aliphatic rings. The summed E-state index contributed by atoms with van der Waals surface area (Å²) in [4.78, 5) is 12.2. The van der Waals surface area contributed by atoms with Gasteiger partial charge in [-0.2, -0.15) is 0 Å². The topological polar surface area (TPSA) is 37.3 Å². The number of hydrogen-bond acceptors (Lipinski definition) is 4. The van der Waals surface area contributed by atoms with Crippen LogP contribution in [0, 0.1) is 0 Å². The van der Waals surface area contributed by atoms with Gasteiger partial charge in [-0.05, 0) is 29.5 Å². The molecule has 4 heteroatoms. The normalized spacial score (nSPS) is 12.4. The van der Waals surface area contributed by atoms with Crippen molar-refractivity contribution in [2.75, 3.05) is 0 Å². The molecule has 1 aromatic carbocycles. The highest BCUT2D eigenvalue weighted by molar-refractivity contribution is 7.82. The lowest BCUT2D eigenvalue weighted by Gasteiger charge is -2.10. The number of rotatable bonds is 4. The summed E-state index contributed by atoms with van der Waals surface area (Å²) in [5.74, 6) is 0.0141. The molecule has 0 fully saturated rings. The van der Waals surface area contributed by atoms with Gasteiger partial charge in [0.15, 0.2) is 5.78 Å². The van der Waals surface area contributed by atoms with Crippen LogP contribution in [0.15, 0.2) is 39.9 Å². The van der Waals surface area contributed by atoms with E-state index in [0.717, 1.165) is 9.77 Å². The summed E-state index contributed by atoms with van der Waals surface area (Å²) in [6, 6.07) is 9.10. The van der Waals surface area contributed by atoms with Crippen LogP contribution in [-0.4, -0.2) is 10.9 Å². The number of aliphatic hydroxyl groups is 1. The molecule has 0 saturated heterocycles. The van der Waals surface area contributed by atoms with E-state index in [4.69, 9.17) is 0 Å². The molecule has 1 N–H and O–H groups in total. The second kappa shape index (κ2) is 5.69. The first kappa shape index (κ1) is 13.3. The van der Waals surface area contributed by atoms with Crippen LogP contribution in [0.1, 0.15) is 34.5 Å². The summed E-state index contributed by atoms with van der Waals surface area (Å²) in [6.07, 6.45) is -0.311. The Morgan fingerprint density at radius 2 is 2.11 bits per heavy atom. The first-order valence-electron chi connectivity index (χ1n) is 5.65. The minimum absolute atomic E-state index is 0.0141. The van der Waals surface area contributed by atoms with Gasteiger partial charge in [0.1, 0.15) is 0 Å². The third kappa shape index (κ3) is 2.83. The summed E-state index contributed by atoms with van der Waals surface area (Å²) in [5, 5.41) is 11.6. The largest absolute Gasteiger partial charge is 0.389 e. The zero-order valence-corrected chi connectivity index (χ0v) is 11.7. The van der Waals surface area contributed by atoms with Crippen LogP contribution in [0.25, 0.3) is 0 Å². The van der Waals surface area contributed by atoms with Crippen molar-refractivity contribution < 1.29 is 9.90 Å². The summed E-state index contributed by atoms with van der Waals surface area (Å²) in [7, 11) is 0. The fraction of sp³-hybridized carbons (Fsp3) is 0.214. The maximum Gasteiger partial charge on any atom is 0.167 e. The molecule has 1 atom stereocenters. The van der Waals surface area contributed by atoms with Gasteiger partial charge in [0, 0.05) is 12.0 Å². The van der Waals surface area contributed by atoms with Gasteiger partial charge in [0.05, 0.1) is 10.3 Å². The Morgan fingerprint density at radius 3 is 2.72 bits per heavy atom. The second-order valence-corrected chi connectivity index (χ2v) is 5.78. The number of thiol groups is 1. The van der Waals surface area contributed by atoms with Crippen LogP contribution < -0.4 is 0 Å². The molecule has 1 heterocycles. The molecule has 94 valence electrons. The van der Waals surface area contributed by atoms with Gasteiger partial charge in [-0.3, -0.25) is 4.79 Å². The number of thiophene rings is 1. The molecule has 0 saturated carbocycles. The van der Waals surface area contributed by atoms with Gasteiger partial charge < -0.3 is 5.11 Å². The third-order valence-corrected chi connectivity index (χ3v) is 4.15. The highest BCUT2D eigenvalue weighted by Gasteiger charge is 2.15. The van der Waals surface area contributed by atoms with Crippen LogP contribution in [0.5, 0.6) is 0 Å². The van der Waals surface area contributed by atoms with Gasteiger partial charge in [-0.1, -0.05) is 24.3 Å². The lowest BCUT2D eigenvalue weighted by atomic mass is 9.97. The van der Waals surface area contributed by atoms with Crippen molar-refractivity contribution in [3.8, 4) is 0 Å². The smallest absolute Gasteiger partial charge is 0.167 e. The zero-order chi connectivity index (χ0) is 13.1. The van der Waals surface area contributed by atoms with E-state index in [-0.39, 0.29) is 5.78 Å². The van der Waals surface area contributed by atoms with Gasteiger partial charge in [-0.15, -0.1) is 24.0 Å². The van der Waals surface area contributed by atoms with Crippen LogP contribution in [0.2, 0.25) is 0 Å². The van der Waals surface area contributed by atoms with Crippen molar-refractivity contribution >= 4 is 29.7 Å². The Labute approximate surface area is 116 Å². The molecule has 2 aromatic rings. The molecule has 0 aliphatic carbocycles. The van der Waals surface area contributed by atoms with E-state index in [0.29, 0.717) is 17.5 Å². The summed E-state index contributed by atoms with van der Waals surface area (Å²) >= 11 is 5.83. The quantitative estimate of drug-likeness (QED) is 0.663. The monoisotopic (exact) mass is 278 g/mol. The summed E-state index contributed by atoms with van der Waals surface area (Å²) in [6.45, 7) is 1.67. The highest BCUT2D eigenvalue weighted by atomic mass is 32.2. The molecule has 0 aliphatic heterocycles. The van der Waals surface area contributed by atoms with Gasteiger partial charge >= 0.3 is 0 Å². The Bertz CT molecular complexity index is 558. The van der Waals surface area contributed by atoms with Crippen molar-refractivity contribution in [1.29, 1.82) is 0 Å². The third-order valence-electron chi connectivity index (χ3n) is 2.79. The number of Topliss-reactive ketones (excluding diaryl/α,β-unsaturated/α-hetero) is 1. The second-order valence-electron chi connectivity index (χ2n) is 4.11. The SMILES string of the molecule is CC(O)c1ccccc1C(=O)Cc1ccsc1S. The minimum atomic E-state index is -0.636. The first-order valence-corrected chi connectivity index (χ1v) is 6.98. The van der Waals surface area contributed by atoms with Gasteiger partial charge in [0.25, 0.3) is 0 Å². The highest BCUT2D eigenvalue weighted by Crippen LogP contribution is 2.24. The van der Waals surface area contributed by atoms with Crippen molar-refractivity contribution in [1.82, 2.24) is 0 Å². The number of carbonyl (C=O) groups is 1. The van der Waals surface area contributed by atoms with E-state index < -0.39 is 6.10 Å². The van der Waals surface area contributed by atoms with E-state index >= 15 is 0 Å². The molecule has 0 spiro atoms. The number of hydrogen-bond donors (Lipinski definition) is 2. The number of aliphatic hydroxyl groups excluding tert-OH is 1. The van der Waals surface area contributed by atoms with Crippen LogP contribution in [-0.2, 0) is 6.42 Å². The molecule has 1 unspecified atom stereocenters. The molecule has 18 heavy (non-hydrogen) atoms. The number of benzene rings is 1. The Morgan fingerprint density at radius 1 is 1.39 bits per heavy atom. The lowest BCUT2D eigenvalue weighted by molar-refractivity contribution is 0.0986. The molecule has 2 nitrogen and oxygen atoms in total. The molecular formula is C14H14O2S2. The zero-order valence-electron chi connectivity index (χ0n) is 9.96. The molecule has 0 amide bonds. The fourth-order valence-electron chi connectivity index (χ4n) is 1.85.